The molecule has 1 aliphatic heterocycles. The Morgan fingerprint density at radius 3 is 2.78 bits per heavy atom. The first-order valence-electron chi connectivity index (χ1n) is 5.67. The molecule has 0 aliphatic carbocycles. The van der Waals surface area contributed by atoms with Crippen LogP contribution >= 0.6 is 0 Å². The van der Waals surface area contributed by atoms with E-state index in [1.807, 2.05) is 6.07 Å². The molecule has 5 nitrogen and oxygen atoms in total. The standard InChI is InChI=1S/C13H14N2O3/c1-14(13(18)8-16)10-4-5-11-9(7-10)3-6-12(17)15(11)2/h4-5,7-8H,3,6H2,1-2H3. The molecule has 0 spiro atoms. The third-order valence-corrected chi connectivity index (χ3v) is 3.23. The Morgan fingerprint density at radius 2 is 2.11 bits per heavy atom. The Bertz CT molecular complexity index is 525. The summed E-state index contributed by atoms with van der Waals surface area (Å²) in [4.78, 5) is 36.2. The molecule has 0 fully saturated rings. The van der Waals surface area contributed by atoms with E-state index >= 15 is 0 Å². The van der Waals surface area contributed by atoms with Gasteiger partial charge in [-0.3, -0.25) is 14.4 Å². The molecule has 0 saturated carbocycles. The normalized spacial score (nSPS) is 14.1. The Balaban J connectivity index is 2.36. The van der Waals surface area contributed by atoms with Crippen LogP contribution in [0.4, 0.5) is 11.4 Å². The average Bonchev–Trinajstić information content (AvgIpc) is 2.41. The molecule has 5 heteroatoms. The second kappa shape index (κ2) is 4.60. The molecule has 18 heavy (non-hydrogen) atoms. The SMILES string of the molecule is CN(C(=O)C=O)c1ccc2c(c1)CCC(=O)N2C. The van der Waals surface area contributed by atoms with Crippen LogP contribution < -0.4 is 9.80 Å². The van der Waals surface area contributed by atoms with Crippen LogP contribution in [0.2, 0.25) is 0 Å². The van der Waals surface area contributed by atoms with Crippen molar-refractivity contribution in [3.8, 4) is 0 Å². The molecule has 0 N–H and O–H groups in total. The highest BCUT2D eigenvalue weighted by Crippen LogP contribution is 2.30. The van der Waals surface area contributed by atoms with E-state index in [1.165, 1.54) is 4.90 Å². The van der Waals surface area contributed by atoms with Crippen LogP contribution in [-0.2, 0) is 20.8 Å². The molecule has 1 aliphatic rings. The zero-order chi connectivity index (χ0) is 13.3. The number of carbonyl (C=O) groups excluding carboxylic acids is 3. The van der Waals surface area contributed by atoms with E-state index in [9.17, 15) is 14.4 Å². The zero-order valence-electron chi connectivity index (χ0n) is 10.3. The number of carbonyl (C=O) groups is 3. The first kappa shape index (κ1) is 12.3. The highest BCUT2D eigenvalue weighted by molar-refractivity contribution is 6.30. The number of anilines is 2. The number of likely N-dealkylation sites (N-methyl/N-ethyl adjacent to an activating group) is 1. The maximum atomic E-state index is 11.5. The number of fused-ring (bicyclic) bond motifs is 1. The molecule has 0 unspecified atom stereocenters. The molecular formula is C13H14N2O3. The minimum Gasteiger partial charge on any atom is -0.315 e. The van der Waals surface area contributed by atoms with Crippen molar-refractivity contribution in [2.45, 2.75) is 12.8 Å². The molecule has 2 amide bonds. The fourth-order valence-electron chi connectivity index (χ4n) is 2.06. The monoisotopic (exact) mass is 246 g/mol. The van der Waals surface area contributed by atoms with Crippen LogP contribution in [0.5, 0.6) is 0 Å². The number of hydrogen-bond acceptors (Lipinski definition) is 3. The van der Waals surface area contributed by atoms with Crippen LogP contribution in [-0.4, -0.2) is 32.2 Å². The van der Waals surface area contributed by atoms with Gasteiger partial charge in [0.1, 0.15) is 0 Å². The van der Waals surface area contributed by atoms with Gasteiger partial charge in [-0.1, -0.05) is 0 Å². The third kappa shape index (κ3) is 1.99. The van der Waals surface area contributed by atoms with E-state index in [0.717, 1.165) is 11.3 Å². The zero-order valence-corrected chi connectivity index (χ0v) is 10.3. The second-order valence-corrected chi connectivity index (χ2v) is 4.28. The van der Waals surface area contributed by atoms with Crippen molar-refractivity contribution in [3.05, 3.63) is 23.8 Å². The lowest BCUT2D eigenvalue weighted by molar-refractivity contribution is -0.129. The lowest BCUT2D eigenvalue weighted by atomic mass is 10.0. The number of amides is 2. The van der Waals surface area contributed by atoms with Crippen molar-refractivity contribution in [3.63, 3.8) is 0 Å². The Labute approximate surface area is 105 Å². The van der Waals surface area contributed by atoms with Crippen LogP contribution in [0.3, 0.4) is 0 Å². The van der Waals surface area contributed by atoms with Gasteiger partial charge in [0.2, 0.25) is 12.2 Å². The first-order valence-corrected chi connectivity index (χ1v) is 5.67. The fraction of sp³-hybridized carbons (Fsp3) is 0.308. The van der Waals surface area contributed by atoms with Crippen molar-refractivity contribution in [1.29, 1.82) is 0 Å². The molecule has 1 aromatic rings. The molecule has 0 atom stereocenters. The molecule has 0 bridgehead atoms. The maximum absolute atomic E-state index is 11.5. The predicted octanol–water partition coefficient (Wildman–Crippen LogP) is 0.757. The number of aryl methyl sites for hydroxylation is 1. The Kier molecular flexibility index (Phi) is 3.14. The predicted molar refractivity (Wildman–Crippen MR) is 67.6 cm³/mol. The largest absolute Gasteiger partial charge is 0.315 e. The molecule has 2 rings (SSSR count). The number of rotatable bonds is 2. The van der Waals surface area contributed by atoms with Gasteiger partial charge in [-0.25, -0.2) is 0 Å². The van der Waals surface area contributed by atoms with Gasteiger partial charge in [0, 0.05) is 31.9 Å². The first-order chi connectivity index (χ1) is 8.54. The fourth-order valence-corrected chi connectivity index (χ4v) is 2.06. The van der Waals surface area contributed by atoms with Gasteiger partial charge >= 0.3 is 0 Å². The topological polar surface area (TPSA) is 57.7 Å². The number of aldehydes is 1. The maximum Gasteiger partial charge on any atom is 0.290 e. The highest BCUT2D eigenvalue weighted by Gasteiger charge is 2.21. The molecule has 0 aromatic heterocycles. The van der Waals surface area contributed by atoms with E-state index in [0.29, 0.717) is 18.5 Å². The Hall–Kier alpha value is -2.17. The number of benzene rings is 1. The van der Waals surface area contributed by atoms with E-state index in [4.69, 9.17) is 0 Å². The molecule has 1 aromatic carbocycles. The van der Waals surface area contributed by atoms with Gasteiger partial charge < -0.3 is 9.80 Å². The quantitative estimate of drug-likeness (QED) is 0.571. The minimum atomic E-state index is -0.588. The molecule has 1 heterocycles. The molecular weight excluding hydrogens is 232 g/mol. The summed E-state index contributed by atoms with van der Waals surface area (Å²) in [6, 6.07) is 5.38. The van der Waals surface area contributed by atoms with E-state index < -0.39 is 5.91 Å². The van der Waals surface area contributed by atoms with Gasteiger partial charge in [-0.05, 0) is 30.2 Å². The van der Waals surface area contributed by atoms with E-state index in [-0.39, 0.29) is 12.2 Å². The third-order valence-electron chi connectivity index (χ3n) is 3.23. The van der Waals surface area contributed by atoms with E-state index in [1.54, 1.807) is 31.1 Å². The molecule has 0 saturated heterocycles. The number of hydrogen-bond donors (Lipinski definition) is 0. The van der Waals surface area contributed by atoms with Gasteiger partial charge in [-0.15, -0.1) is 0 Å². The van der Waals surface area contributed by atoms with Crippen LogP contribution in [0, 0.1) is 0 Å². The van der Waals surface area contributed by atoms with Gasteiger partial charge in [0.15, 0.2) is 0 Å². The lowest BCUT2D eigenvalue weighted by Gasteiger charge is -2.27. The van der Waals surface area contributed by atoms with Crippen LogP contribution in [0.1, 0.15) is 12.0 Å². The molecule has 94 valence electrons. The second-order valence-electron chi connectivity index (χ2n) is 4.28. The summed E-state index contributed by atoms with van der Waals surface area (Å²) in [5.74, 6) is -0.497. The highest BCUT2D eigenvalue weighted by atomic mass is 16.2. The van der Waals surface area contributed by atoms with E-state index in [2.05, 4.69) is 0 Å². The number of nitrogens with zero attached hydrogens (tertiary/aromatic N) is 2. The molecule has 0 radical (unpaired) electrons. The smallest absolute Gasteiger partial charge is 0.290 e. The summed E-state index contributed by atoms with van der Waals surface area (Å²) in [6.07, 6.45) is 1.42. The van der Waals surface area contributed by atoms with Crippen LogP contribution in [0.25, 0.3) is 0 Å². The van der Waals surface area contributed by atoms with Crippen molar-refractivity contribution in [2.75, 3.05) is 23.9 Å². The van der Waals surface area contributed by atoms with Crippen molar-refractivity contribution in [1.82, 2.24) is 0 Å². The summed E-state index contributed by atoms with van der Waals surface area (Å²) in [5.41, 5.74) is 2.54. The van der Waals surface area contributed by atoms with Gasteiger partial charge in [0.05, 0.1) is 0 Å². The van der Waals surface area contributed by atoms with Gasteiger partial charge in [-0.2, -0.15) is 0 Å². The van der Waals surface area contributed by atoms with Crippen molar-refractivity contribution >= 4 is 29.5 Å². The summed E-state index contributed by atoms with van der Waals surface area (Å²) in [7, 11) is 3.29. The van der Waals surface area contributed by atoms with Crippen LogP contribution in [0.15, 0.2) is 18.2 Å². The van der Waals surface area contributed by atoms with Gasteiger partial charge in [0.25, 0.3) is 5.91 Å². The summed E-state index contributed by atoms with van der Waals surface area (Å²) in [6.45, 7) is 0. The average molecular weight is 246 g/mol. The lowest BCUT2D eigenvalue weighted by Crippen LogP contribution is -2.32. The summed E-state index contributed by atoms with van der Waals surface area (Å²) in [5, 5.41) is 0. The summed E-state index contributed by atoms with van der Waals surface area (Å²) < 4.78 is 0. The van der Waals surface area contributed by atoms with Crippen molar-refractivity contribution < 1.29 is 14.4 Å². The minimum absolute atomic E-state index is 0.0903. The Morgan fingerprint density at radius 1 is 1.39 bits per heavy atom. The van der Waals surface area contributed by atoms with Crippen molar-refractivity contribution in [2.24, 2.45) is 0 Å². The summed E-state index contributed by atoms with van der Waals surface area (Å²) >= 11 is 0.